The van der Waals surface area contributed by atoms with Gasteiger partial charge in [-0.15, -0.1) is 0 Å². The minimum atomic E-state index is -4.61. The molecule has 0 aromatic carbocycles. The van der Waals surface area contributed by atoms with Crippen molar-refractivity contribution >= 4 is 5.91 Å². The summed E-state index contributed by atoms with van der Waals surface area (Å²) in [7, 11) is 0. The third-order valence-electron chi connectivity index (χ3n) is 2.90. The highest BCUT2D eigenvalue weighted by atomic mass is 19.3. The van der Waals surface area contributed by atoms with E-state index in [1.165, 1.54) is 0 Å². The van der Waals surface area contributed by atoms with E-state index in [0.29, 0.717) is 19.3 Å². The monoisotopic (exact) mass is 257 g/mol. The number of hydrogen-bond donors (Lipinski definition) is 1. The molecule has 1 saturated heterocycles. The smallest absolute Gasteiger partial charge is 0.383 e. The number of aliphatic hydroxyl groups is 1. The second-order valence-corrected chi connectivity index (χ2v) is 4.20. The highest BCUT2D eigenvalue weighted by Gasteiger charge is 2.51. The second kappa shape index (κ2) is 5.66. The van der Waals surface area contributed by atoms with Crippen LogP contribution in [0.15, 0.2) is 0 Å². The van der Waals surface area contributed by atoms with Crippen LogP contribution in [0, 0.1) is 5.92 Å². The third-order valence-corrected chi connectivity index (χ3v) is 2.90. The summed E-state index contributed by atoms with van der Waals surface area (Å²) in [5, 5.41) is 8.72. The van der Waals surface area contributed by atoms with Crippen LogP contribution >= 0.6 is 0 Å². The number of likely N-dealkylation sites (tertiary alicyclic amines) is 1. The highest BCUT2D eigenvalue weighted by Crippen LogP contribution is 2.28. The van der Waals surface area contributed by atoms with Gasteiger partial charge in [-0.25, -0.2) is 8.78 Å². The molecule has 1 rings (SSSR count). The molecular formula is C10H15F4NO2. The second-order valence-electron chi connectivity index (χ2n) is 4.20. The van der Waals surface area contributed by atoms with Gasteiger partial charge in [-0.3, -0.25) is 4.79 Å². The molecule has 0 radical (unpaired) electrons. The van der Waals surface area contributed by atoms with Crippen LogP contribution in [0.25, 0.3) is 0 Å². The van der Waals surface area contributed by atoms with Crippen molar-refractivity contribution in [2.75, 3.05) is 19.7 Å². The fraction of sp³-hybridized carbons (Fsp3) is 0.900. The van der Waals surface area contributed by atoms with Crippen LogP contribution in [0.3, 0.4) is 0 Å². The van der Waals surface area contributed by atoms with Crippen LogP contribution in [0.1, 0.15) is 19.3 Å². The maximum Gasteiger partial charge on any atom is 0.383 e. The number of alkyl halides is 4. The summed E-state index contributed by atoms with van der Waals surface area (Å²) in [6.07, 6.45) is -2.38. The molecule has 7 heteroatoms. The van der Waals surface area contributed by atoms with Crippen molar-refractivity contribution in [3.63, 3.8) is 0 Å². The number of carbonyl (C=O) groups is 1. The first-order valence-corrected chi connectivity index (χ1v) is 5.45. The van der Waals surface area contributed by atoms with Gasteiger partial charge in [0.15, 0.2) is 0 Å². The average Bonchev–Trinajstić information content (AvgIpc) is 2.28. The Morgan fingerprint density at radius 2 is 2.12 bits per heavy atom. The normalized spacial score (nSPS) is 22.0. The van der Waals surface area contributed by atoms with Gasteiger partial charge < -0.3 is 10.0 Å². The van der Waals surface area contributed by atoms with Gasteiger partial charge in [0.2, 0.25) is 0 Å². The van der Waals surface area contributed by atoms with Crippen molar-refractivity contribution in [1.29, 1.82) is 0 Å². The van der Waals surface area contributed by atoms with Crippen LogP contribution in [0.5, 0.6) is 0 Å². The molecule has 1 aliphatic heterocycles. The van der Waals surface area contributed by atoms with E-state index < -0.39 is 18.3 Å². The first-order chi connectivity index (χ1) is 7.89. The van der Waals surface area contributed by atoms with Gasteiger partial charge in [-0.2, -0.15) is 8.78 Å². The Bertz CT molecular complexity index is 271. The zero-order valence-electron chi connectivity index (χ0n) is 9.21. The molecular weight excluding hydrogens is 242 g/mol. The number of halogens is 4. The molecule has 0 aliphatic carbocycles. The van der Waals surface area contributed by atoms with E-state index in [1.807, 2.05) is 0 Å². The van der Waals surface area contributed by atoms with E-state index in [-0.39, 0.29) is 25.6 Å². The van der Waals surface area contributed by atoms with E-state index in [4.69, 9.17) is 5.11 Å². The molecule has 100 valence electrons. The Balaban J connectivity index is 2.63. The molecule has 1 atom stereocenters. The predicted molar refractivity (Wildman–Crippen MR) is 52.0 cm³/mol. The molecule has 1 fully saturated rings. The van der Waals surface area contributed by atoms with Crippen LogP contribution in [-0.2, 0) is 4.79 Å². The van der Waals surface area contributed by atoms with Crippen LogP contribution in [0.2, 0.25) is 0 Å². The van der Waals surface area contributed by atoms with Crippen molar-refractivity contribution < 1.29 is 27.5 Å². The molecule has 0 aromatic heterocycles. The number of rotatable bonds is 4. The van der Waals surface area contributed by atoms with E-state index in [2.05, 4.69) is 0 Å². The van der Waals surface area contributed by atoms with E-state index in [9.17, 15) is 22.4 Å². The topological polar surface area (TPSA) is 40.5 Å². The molecule has 1 amide bonds. The van der Waals surface area contributed by atoms with Crippen molar-refractivity contribution in [2.24, 2.45) is 5.92 Å². The predicted octanol–water partition coefficient (Wildman–Crippen LogP) is 1.51. The Hall–Kier alpha value is -0.850. The molecule has 3 nitrogen and oxygen atoms in total. The van der Waals surface area contributed by atoms with Gasteiger partial charge in [-0.05, 0) is 25.2 Å². The molecule has 1 N–H and O–H groups in total. The summed E-state index contributed by atoms with van der Waals surface area (Å²) < 4.78 is 49.7. The van der Waals surface area contributed by atoms with Crippen LogP contribution in [0.4, 0.5) is 17.6 Å². The lowest BCUT2D eigenvalue weighted by Crippen LogP contribution is -2.51. The largest absolute Gasteiger partial charge is 0.396 e. The van der Waals surface area contributed by atoms with Gasteiger partial charge in [0.25, 0.3) is 5.91 Å². The molecule has 17 heavy (non-hydrogen) atoms. The Morgan fingerprint density at radius 1 is 1.47 bits per heavy atom. The van der Waals surface area contributed by atoms with Crippen LogP contribution in [-0.4, -0.2) is 48.0 Å². The van der Waals surface area contributed by atoms with E-state index in [1.54, 1.807) is 0 Å². The lowest BCUT2D eigenvalue weighted by Gasteiger charge is -2.34. The number of aliphatic hydroxyl groups excluding tert-OH is 1. The summed E-state index contributed by atoms with van der Waals surface area (Å²) in [6.45, 7) is -0.0112. The zero-order valence-corrected chi connectivity index (χ0v) is 9.21. The molecule has 1 heterocycles. The lowest BCUT2D eigenvalue weighted by atomic mass is 9.95. The summed E-state index contributed by atoms with van der Waals surface area (Å²) >= 11 is 0. The summed E-state index contributed by atoms with van der Waals surface area (Å²) in [5.74, 6) is -6.51. The number of amides is 1. The molecule has 0 bridgehead atoms. The molecule has 0 aromatic rings. The summed E-state index contributed by atoms with van der Waals surface area (Å²) in [6, 6.07) is 0. The van der Waals surface area contributed by atoms with Crippen molar-refractivity contribution in [2.45, 2.75) is 31.6 Å². The lowest BCUT2D eigenvalue weighted by molar-refractivity contribution is -0.182. The quantitative estimate of drug-likeness (QED) is 0.775. The average molecular weight is 257 g/mol. The Labute approximate surface area is 96.4 Å². The number of hydrogen-bond acceptors (Lipinski definition) is 2. The summed E-state index contributed by atoms with van der Waals surface area (Å²) in [5.41, 5.74) is 0. The SMILES string of the molecule is O=C(N1CCCC(CCO)C1)C(F)(F)C(F)F. The minimum Gasteiger partial charge on any atom is -0.396 e. The fourth-order valence-corrected chi connectivity index (χ4v) is 1.97. The first-order valence-electron chi connectivity index (χ1n) is 5.45. The first kappa shape index (κ1) is 14.2. The van der Waals surface area contributed by atoms with Gasteiger partial charge in [0.05, 0.1) is 0 Å². The van der Waals surface area contributed by atoms with E-state index in [0.717, 1.165) is 4.90 Å². The molecule has 0 spiro atoms. The highest BCUT2D eigenvalue weighted by molar-refractivity contribution is 5.84. The molecule has 1 aliphatic rings. The Kier molecular flexibility index (Phi) is 4.73. The summed E-state index contributed by atoms with van der Waals surface area (Å²) in [4.78, 5) is 12.0. The number of piperidine rings is 1. The van der Waals surface area contributed by atoms with Crippen LogP contribution < -0.4 is 0 Å². The molecule has 0 saturated carbocycles. The molecule has 1 unspecified atom stereocenters. The van der Waals surface area contributed by atoms with Crippen molar-refractivity contribution in [3.05, 3.63) is 0 Å². The van der Waals surface area contributed by atoms with E-state index >= 15 is 0 Å². The van der Waals surface area contributed by atoms with Crippen molar-refractivity contribution in [1.82, 2.24) is 4.90 Å². The van der Waals surface area contributed by atoms with Gasteiger partial charge >= 0.3 is 12.3 Å². The number of carbonyl (C=O) groups excluding carboxylic acids is 1. The minimum absolute atomic E-state index is 0.0156. The van der Waals surface area contributed by atoms with Gasteiger partial charge in [0.1, 0.15) is 0 Å². The zero-order chi connectivity index (χ0) is 13.1. The third kappa shape index (κ3) is 3.31. The number of nitrogens with zero attached hydrogens (tertiary/aromatic N) is 1. The standard InChI is InChI=1S/C10H15F4NO2/c11-8(12)10(13,14)9(17)15-4-1-2-7(6-15)3-5-16/h7-8,16H,1-6H2. The maximum absolute atomic E-state index is 12.8. The maximum atomic E-state index is 12.8. The van der Waals surface area contributed by atoms with Crippen molar-refractivity contribution in [3.8, 4) is 0 Å². The van der Waals surface area contributed by atoms with Gasteiger partial charge in [0, 0.05) is 19.7 Å². The van der Waals surface area contributed by atoms with Gasteiger partial charge in [-0.1, -0.05) is 0 Å². The fourth-order valence-electron chi connectivity index (χ4n) is 1.97. The Morgan fingerprint density at radius 3 is 2.65 bits per heavy atom.